The second kappa shape index (κ2) is 9.86. The van der Waals surface area contributed by atoms with E-state index in [1.807, 2.05) is 12.1 Å². The summed E-state index contributed by atoms with van der Waals surface area (Å²) in [6.45, 7) is 0.292. The van der Waals surface area contributed by atoms with Gasteiger partial charge in [0.15, 0.2) is 15.1 Å². The van der Waals surface area contributed by atoms with Crippen molar-refractivity contribution in [2.45, 2.75) is 17.8 Å². The average Bonchev–Trinajstić information content (AvgIpc) is 3.12. The number of thiazole rings is 1. The quantitative estimate of drug-likeness (QED) is 0.350. The number of aromatic nitrogens is 1. The monoisotopic (exact) mass is 552 g/mol. The molecule has 2 heterocycles. The molecule has 0 radical (unpaired) electrons. The zero-order valence-corrected chi connectivity index (χ0v) is 21.6. The number of carbonyl (C=O) groups is 2. The van der Waals surface area contributed by atoms with Gasteiger partial charge in [-0.2, -0.15) is 0 Å². The van der Waals surface area contributed by atoms with Gasteiger partial charge in [-0.15, -0.1) is 11.3 Å². The van der Waals surface area contributed by atoms with E-state index in [4.69, 9.17) is 15.6 Å². The number of fused-ring (bicyclic) bond motifs is 1. The molecule has 2 aromatic carbocycles. The topological polar surface area (TPSA) is 189 Å². The predicted molar refractivity (Wildman–Crippen MR) is 135 cm³/mol. The minimum absolute atomic E-state index is 0.0596. The van der Waals surface area contributed by atoms with E-state index < -0.39 is 42.7 Å². The molecule has 192 valence electrons. The van der Waals surface area contributed by atoms with Crippen molar-refractivity contribution in [3.8, 4) is 11.1 Å². The molecule has 0 spiro atoms. The average molecular weight is 553 g/mol. The van der Waals surface area contributed by atoms with Crippen LogP contribution in [0.2, 0.25) is 0 Å². The lowest BCUT2D eigenvalue weighted by atomic mass is 9.91. The summed E-state index contributed by atoms with van der Waals surface area (Å²) in [6.07, 6.45) is 1.56. The van der Waals surface area contributed by atoms with Crippen LogP contribution in [-0.4, -0.2) is 58.8 Å². The Labute approximate surface area is 211 Å². The van der Waals surface area contributed by atoms with Crippen molar-refractivity contribution in [1.29, 1.82) is 0 Å². The molecule has 1 aromatic heterocycles. The van der Waals surface area contributed by atoms with Gasteiger partial charge in [-0.3, -0.25) is 9.59 Å². The number of hydrogen-bond acceptors (Lipinski definition) is 9. The van der Waals surface area contributed by atoms with Gasteiger partial charge in [-0.25, -0.2) is 27.0 Å². The molecule has 0 saturated carbocycles. The molecule has 14 heteroatoms. The van der Waals surface area contributed by atoms with E-state index >= 15 is 0 Å². The highest BCUT2D eigenvalue weighted by Gasteiger charge is 2.34. The Morgan fingerprint density at radius 1 is 1.19 bits per heavy atom. The normalized spacial score (nSPS) is 16.9. The largest absolute Gasteiger partial charge is 0.373 e. The number of nitrogens with two attached hydrogens (primary N) is 2. The summed E-state index contributed by atoms with van der Waals surface area (Å²) in [5, 5.41) is 5.70. The Hall–Kier alpha value is -2.91. The first-order valence-electron chi connectivity index (χ1n) is 10.8. The number of hydrogen-bond donors (Lipinski definition) is 3. The lowest BCUT2D eigenvalue weighted by molar-refractivity contribution is -0.120. The van der Waals surface area contributed by atoms with Crippen molar-refractivity contribution in [2.24, 2.45) is 10.9 Å². The van der Waals surface area contributed by atoms with Gasteiger partial charge in [0.25, 0.3) is 0 Å². The highest BCUT2D eigenvalue weighted by molar-refractivity contribution is 7.91. The fourth-order valence-electron chi connectivity index (χ4n) is 3.85. The second-order valence-electron chi connectivity index (χ2n) is 8.42. The van der Waals surface area contributed by atoms with Crippen LogP contribution in [0.1, 0.15) is 38.7 Å². The van der Waals surface area contributed by atoms with E-state index in [1.165, 1.54) is 0 Å². The molecule has 1 aliphatic heterocycles. The Balaban J connectivity index is 1.69. The second-order valence-corrected chi connectivity index (χ2v) is 13.3. The molecule has 11 nitrogen and oxygen atoms in total. The van der Waals surface area contributed by atoms with Crippen LogP contribution < -0.4 is 16.2 Å². The van der Waals surface area contributed by atoms with Gasteiger partial charge in [0, 0.05) is 24.8 Å². The lowest BCUT2D eigenvalue weighted by Gasteiger charge is -2.29. The number of sulfonamides is 1. The zero-order chi connectivity index (χ0) is 26.3. The fraction of sp³-hybridized carbons (Fsp3) is 0.318. The van der Waals surface area contributed by atoms with Crippen LogP contribution in [0, 0.1) is 0 Å². The first-order valence-corrected chi connectivity index (χ1v) is 15.3. The molecule has 0 bridgehead atoms. The Kier molecular flexibility index (Phi) is 7.16. The van der Waals surface area contributed by atoms with Crippen molar-refractivity contribution >= 4 is 53.2 Å². The molecule has 0 aliphatic carbocycles. The third-order valence-corrected chi connectivity index (χ3v) is 8.97. The van der Waals surface area contributed by atoms with Gasteiger partial charge in [-0.05, 0) is 41.0 Å². The third-order valence-electron chi connectivity index (χ3n) is 5.67. The van der Waals surface area contributed by atoms with Crippen LogP contribution in [0.25, 0.3) is 21.3 Å². The number of primary amides is 1. The maximum atomic E-state index is 12.7. The Morgan fingerprint density at radius 2 is 1.92 bits per heavy atom. The smallest absolute Gasteiger partial charge is 0.248 e. The molecule has 1 fully saturated rings. The van der Waals surface area contributed by atoms with Crippen LogP contribution in [0.5, 0.6) is 0 Å². The van der Waals surface area contributed by atoms with Gasteiger partial charge >= 0.3 is 0 Å². The summed E-state index contributed by atoms with van der Waals surface area (Å²) in [5.74, 6) is -1.95. The molecule has 3 aromatic rings. The molecule has 36 heavy (non-hydrogen) atoms. The molecule has 2 amide bonds. The van der Waals surface area contributed by atoms with Gasteiger partial charge in [0.1, 0.15) is 5.01 Å². The summed E-state index contributed by atoms with van der Waals surface area (Å²) in [6, 6.07) is 10.5. The lowest BCUT2D eigenvalue weighted by Crippen LogP contribution is -2.37. The summed E-state index contributed by atoms with van der Waals surface area (Å²) < 4.78 is 53.4. The first kappa shape index (κ1) is 26.2. The molecule has 1 saturated heterocycles. The van der Waals surface area contributed by atoms with Crippen molar-refractivity contribution in [2.75, 3.05) is 25.2 Å². The van der Waals surface area contributed by atoms with E-state index in [0.29, 0.717) is 22.4 Å². The van der Waals surface area contributed by atoms with E-state index in [1.54, 1.807) is 24.3 Å². The molecule has 2 unspecified atom stereocenters. The minimum Gasteiger partial charge on any atom is -0.373 e. The first-order chi connectivity index (χ1) is 16.8. The Morgan fingerprint density at radius 3 is 2.50 bits per heavy atom. The minimum atomic E-state index is -3.92. The summed E-state index contributed by atoms with van der Waals surface area (Å²) >= 11 is 1.05. The third kappa shape index (κ3) is 5.73. The number of benzene rings is 2. The van der Waals surface area contributed by atoms with Crippen molar-refractivity contribution < 1.29 is 31.2 Å². The van der Waals surface area contributed by atoms with Crippen LogP contribution in [0.15, 0.2) is 36.4 Å². The molecule has 4 rings (SSSR count). The molecule has 5 N–H and O–H groups in total. The van der Waals surface area contributed by atoms with Crippen LogP contribution in [0.3, 0.4) is 0 Å². The molecule has 2 atom stereocenters. The summed E-state index contributed by atoms with van der Waals surface area (Å²) in [7, 11) is -7.75. The van der Waals surface area contributed by atoms with E-state index in [0.717, 1.165) is 40.7 Å². The van der Waals surface area contributed by atoms with Crippen molar-refractivity contribution in [1.82, 2.24) is 10.3 Å². The molecular weight excluding hydrogens is 528 g/mol. The van der Waals surface area contributed by atoms with E-state index in [-0.39, 0.29) is 17.7 Å². The van der Waals surface area contributed by atoms with Crippen LogP contribution >= 0.6 is 11.3 Å². The number of carbonyl (C=O) groups excluding carboxylic acids is 2. The molecule has 1 aliphatic rings. The number of ether oxygens (including phenoxy) is 1. The number of rotatable bonds is 9. The maximum absolute atomic E-state index is 12.7. The highest BCUT2D eigenvalue weighted by Crippen LogP contribution is 2.39. The number of sulfone groups is 1. The Bertz CT molecular complexity index is 1560. The van der Waals surface area contributed by atoms with E-state index in [2.05, 4.69) is 10.3 Å². The van der Waals surface area contributed by atoms with Gasteiger partial charge in [0.2, 0.25) is 21.8 Å². The predicted octanol–water partition coefficient (Wildman–Crippen LogP) is 1.01. The summed E-state index contributed by atoms with van der Waals surface area (Å²) in [5.41, 5.74) is 8.77. The number of amides is 2. The highest BCUT2D eigenvalue weighted by atomic mass is 32.2. The maximum Gasteiger partial charge on any atom is 0.248 e. The van der Waals surface area contributed by atoms with Crippen molar-refractivity contribution in [3.63, 3.8) is 0 Å². The summed E-state index contributed by atoms with van der Waals surface area (Å²) in [4.78, 5) is 28.7. The van der Waals surface area contributed by atoms with Crippen molar-refractivity contribution in [3.05, 3.63) is 52.5 Å². The number of primary sulfonamides is 1. The SMILES string of the molecule is CS(=O)(=O)C(C(=O)NCCS(N)(=O)=O)c1nc2ccc(-c3ccc(C(N)=O)cc3C3CCO3)cc2s1. The van der Waals surface area contributed by atoms with Crippen LogP contribution in [0.4, 0.5) is 0 Å². The standard InChI is InChI=1S/C22H24N4O7S3/c1-35(29,30)19(21(28)25-7-9-36(24,31)32)22-26-16-5-3-12(11-18(16)34-22)14-4-2-13(20(23)27)10-15(14)17-6-8-33-17/h2-5,10-11,17,19H,6-9H2,1H3,(H2,23,27)(H,25,28)(H2,24,31,32). The van der Waals surface area contributed by atoms with Gasteiger partial charge < -0.3 is 15.8 Å². The van der Waals surface area contributed by atoms with Gasteiger partial charge in [-0.1, -0.05) is 12.1 Å². The number of nitrogens with one attached hydrogen (secondary N) is 1. The van der Waals surface area contributed by atoms with E-state index in [9.17, 15) is 26.4 Å². The fourth-order valence-corrected chi connectivity index (χ4v) is 6.78. The zero-order valence-electron chi connectivity index (χ0n) is 19.1. The van der Waals surface area contributed by atoms with Gasteiger partial charge in [0.05, 0.1) is 28.7 Å². The molecular formula is C22H24N4O7S3. The van der Waals surface area contributed by atoms with Crippen LogP contribution in [-0.2, 0) is 29.4 Å². The number of nitrogens with zero attached hydrogens (tertiary/aromatic N) is 1.